The normalized spacial score (nSPS) is 13.0. The van der Waals surface area contributed by atoms with Crippen molar-refractivity contribution in [3.05, 3.63) is 68.7 Å². The highest BCUT2D eigenvalue weighted by atomic mass is 32.1. The molecule has 0 radical (unpaired) electrons. The second-order valence-electron chi connectivity index (χ2n) is 7.68. The Bertz CT molecular complexity index is 1330. The van der Waals surface area contributed by atoms with E-state index in [4.69, 9.17) is 0 Å². The first-order valence-corrected chi connectivity index (χ1v) is 10.7. The van der Waals surface area contributed by atoms with Crippen LogP contribution in [0.5, 0.6) is 0 Å². The maximum absolute atomic E-state index is 13.0. The molecule has 3 aromatic heterocycles. The fourth-order valence-corrected chi connectivity index (χ4v) is 5.16. The van der Waals surface area contributed by atoms with E-state index in [1.807, 2.05) is 44.2 Å². The number of amides is 1. The summed E-state index contributed by atoms with van der Waals surface area (Å²) in [7, 11) is 0. The number of benzene rings is 1. The number of thiophene rings is 1. The summed E-state index contributed by atoms with van der Waals surface area (Å²) in [6.07, 6.45) is 4.48. The van der Waals surface area contributed by atoms with Crippen LogP contribution in [-0.2, 0) is 24.2 Å². The molecule has 30 heavy (non-hydrogen) atoms. The number of nitrogens with zero attached hydrogens (tertiary/aromatic N) is 4. The van der Waals surface area contributed by atoms with E-state index in [1.54, 1.807) is 16.0 Å². The summed E-state index contributed by atoms with van der Waals surface area (Å²) in [6.45, 7) is 3.80. The molecule has 7 nitrogen and oxygen atoms in total. The van der Waals surface area contributed by atoms with Crippen molar-refractivity contribution in [3.63, 3.8) is 0 Å². The van der Waals surface area contributed by atoms with Gasteiger partial charge in [0.05, 0.1) is 23.1 Å². The fourth-order valence-electron chi connectivity index (χ4n) is 3.94. The number of nitrogens with one attached hydrogen (secondary N) is 1. The number of fused-ring (bicyclic) bond motifs is 3. The Labute approximate surface area is 177 Å². The second kappa shape index (κ2) is 7.21. The van der Waals surface area contributed by atoms with Crippen LogP contribution in [-0.4, -0.2) is 25.2 Å². The number of aromatic nitrogens is 4. The zero-order chi connectivity index (χ0) is 20.8. The SMILES string of the molecule is Cc1ccc(-n2nc(C)cc2NC(=O)Cn2cnc3sc4c(c3c2=O)CCC4)cc1. The van der Waals surface area contributed by atoms with Crippen LogP contribution >= 0.6 is 11.3 Å². The van der Waals surface area contributed by atoms with Gasteiger partial charge in [0.1, 0.15) is 17.2 Å². The average Bonchev–Trinajstić information content (AvgIpc) is 3.39. The van der Waals surface area contributed by atoms with E-state index >= 15 is 0 Å². The third-order valence-corrected chi connectivity index (χ3v) is 6.58. The van der Waals surface area contributed by atoms with E-state index in [2.05, 4.69) is 15.4 Å². The molecular weight excluding hydrogens is 398 g/mol. The van der Waals surface area contributed by atoms with E-state index in [0.29, 0.717) is 11.2 Å². The van der Waals surface area contributed by atoms with E-state index in [0.717, 1.165) is 46.6 Å². The first-order valence-electron chi connectivity index (χ1n) is 9.93. The molecule has 3 heterocycles. The van der Waals surface area contributed by atoms with Crippen LogP contribution in [0, 0.1) is 13.8 Å². The number of rotatable bonds is 4. The van der Waals surface area contributed by atoms with E-state index in [-0.39, 0.29) is 18.0 Å². The van der Waals surface area contributed by atoms with Gasteiger partial charge in [-0.05, 0) is 50.8 Å². The third-order valence-electron chi connectivity index (χ3n) is 5.38. The molecule has 4 aromatic rings. The van der Waals surface area contributed by atoms with Crippen molar-refractivity contribution < 1.29 is 4.79 Å². The lowest BCUT2D eigenvalue weighted by atomic mass is 10.2. The monoisotopic (exact) mass is 419 g/mol. The molecule has 1 aliphatic rings. The van der Waals surface area contributed by atoms with Gasteiger partial charge >= 0.3 is 0 Å². The largest absolute Gasteiger partial charge is 0.309 e. The van der Waals surface area contributed by atoms with E-state index in [9.17, 15) is 9.59 Å². The molecule has 152 valence electrons. The van der Waals surface area contributed by atoms with Crippen LogP contribution in [0.2, 0.25) is 0 Å². The molecule has 8 heteroatoms. The van der Waals surface area contributed by atoms with Crippen molar-refractivity contribution in [1.82, 2.24) is 19.3 Å². The van der Waals surface area contributed by atoms with Gasteiger partial charge in [-0.3, -0.25) is 14.2 Å². The Kier molecular flexibility index (Phi) is 4.51. The molecule has 1 N–H and O–H groups in total. The quantitative estimate of drug-likeness (QED) is 0.550. The van der Waals surface area contributed by atoms with Gasteiger partial charge in [0, 0.05) is 10.9 Å². The highest BCUT2D eigenvalue weighted by molar-refractivity contribution is 7.18. The maximum atomic E-state index is 13.0. The Hall–Kier alpha value is -3.26. The van der Waals surface area contributed by atoms with Gasteiger partial charge in [0.2, 0.25) is 5.91 Å². The molecule has 0 fully saturated rings. The smallest absolute Gasteiger partial charge is 0.262 e. The summed E-state index contributed by atoms with van der Waals surface area (Å²) in [5.74, 6) is 0.276. The van der Waals surface area contributed by atoms with Gasteiger partial charge in [-0.1, -0.05) is 17.7 Å². The maximum Gasteiger partial charge on any atom is 0.262 e. The molecule has 0 spiro atoms. The van der Waals surface area contributed by atoms with Gasteiger partial charge in [-0.25, -0.2) is 9.67 Å². The van der Waals surface area contributed by atoms with Crippen LogP contribution in [0.1, 0.15) is 28.1 Å². The van der Waals surface area contributed by atoms with Crippen molar-refractivity contribution in [1.29, 1.82) is 0 Å². The molecule has 1 amide bonds. The van der Waals surface area contributed by atoms with Gasteiger partial charge in [-0.2, -0.15) is 5.10 Å². The summed E-state index contributed by atoms with van der Waals surface area (Å²) in [6, 6.07) is 9.72. The molecule has 0 unspecified atom stereocenters. The number of aryl methyl sites for hydroxylation is 4. The second-order valence-corrected chi connectivity index (χ2v) is 8.77. The Morgan fingerprint density at radius 1 is 1.20 bits per heavy atom. The molecule has 0 saturated carbocycles. The summed E-state index contributed by atoms with van der Waals surface area (Å²) < 4.78 is 3.09. The first-order chi connectivity index (χ1) is 14.5. The van der Waals surface area contributed by atoms with Crippen molar-refractivity contribution >= 4 is 33.3 Å². The molecular formula is C22H21N5O2S. The number of carbonyl (C=O) groups excluding carboxylic acids is 1. The molecule has 0 saturated heterocycles. The minimum absolute atomic E-state index is 0.0927. The molecule has 0 bridgehead atoms. The Morgan fingerprint density at radius 2 is 2.00 bits per heavy atom. The predicted molar refractivity (Wildman–Crippen MR) is 118 cm³/mol. The van der Waals surface area contributed by atoms with Crippen LogP contribution in [0.3, 0.4) is 0 Å². The molecule has 1 aromatic carbocycles. The summed E-state index contributed by atoms with van der Waals surface area (Å²) in [5, 5.41) is 8.06. The molecule has 0 atom stereocenters. The van der Waals surface area contributed by atoms with Crippen molar-refractivity contribution in [2.24, 2.45) is 0 Å². The number of hydrogen-bond acceptors (Lipinski definition) is 5. The number of carbonyl (C=O) groups is 1. The molecule has 5 rings (SSSR count). The van der Waals surface area contributed by atoms with Gasteiger partial charge in [0.15, 0.2) is 0 Å². The van der Waals surface area contributed by atoms with Crippen LogP contribution in [0.15, 0.2) is 41.5 Å². The summed E-state index contributed by atoms with van der Waals surface area (Å²) >= 11 is 1.60. The van der Waals surface area contributed by atoms with Crippen LogP contribution in [0.25, 0.3) is 15.9 Å². The van der Waals surface area contributed by atoms with E-state index in [1.165, 1.54) is 15.8 Å². The molecule has 1 aliphatic carbocycles. The number of hydrogen-bond donors (Lipinski definition) is 1. The van der Waals surface area contributed by atoms with Crippen molar-refractivity contribution in [2.75, 3.05) is 5.32 Å². The van der Waals surface area contributed by atoms with Gasteiger partial charge < -0.3 is 5.32 Å². The lowest BCUT2D eigenvalue weighted by Crippen LogP contribution is -2.28. The number of anilines is 1. The summed E-state index contributed by atoms with van der Waals surface area (Å²) in [4.78, 5) is 32.2. The third kappa shape index (κ3) is 3.23. The standard InChI is InChI=1S/C22H21N5O2S/c1-13-6-8-15(9-7-13)27-18(10-14(2)25-27)24-19(28)11-26-12-23-21-20(22(26)29)16-4-3-5-17(16)30-21/h6-10,12H,3-5,11H2,1-2H3,(H,24,28). The highest BCUT2D eigenvalue weighted by Gasteiger charge is 2.22. The topological polar surface area (TPSA) is 81.8 Å². The predicted octanol–water partition coefficient (Wildman–Crippen LogP) is 3.39. The molecule has 0 aliphatic heterocycles. The zero-order valence-corrected chi connectivity index (χ0v) is 17.6. The highest BCUT2D eigenvalue weighted by Crippen LogP contribution is 2.34. The average molecular weight is 420 g/mol. The van der Waals surface area contributed by atoms with Crippen molar-refractivity contribution in [2.45, 2.75) is 39.7 Å². The lowest BCUT2D eigenvalue weighted by molar-refractivity contribution is -0.116. The Morgan fingerprint density at radius 3 is 2.80 bits per heavy atom. The van der Waals surface area contributed by atoms with Crippen LogP contribution < -0.4 is 10.9 Å². The van der Waals surface area contributed by atoms with Gasteiger partial charge in [0.25, 0.3) is 5.56 Å². The van der Waals surface area contributed by atoms with Crippen molar-refractivity contribution in [3.8, 4) is 5.69 Å². The lowest BCUT2D eigenvalue weighted by Gasteiger charge is -2.10. The first kappa shape index (κ1) is 18.7. The van der Waals surface area contributed by atoms with E-state index < -0.39 is 0 Å². The summed E-state index contributed by atoms with van der Waals surface area (Å²) in [5.41, 5.74) is 3.78. The zero-order valence-electron chi connectivity index (χ0n) is 16.8. The minimum Gasteiger partial charge on any atom is -0.309 e. The van der Waals surface area contributed by atoms with Gasteiger partial charge in [-0.15, -0.1) is 11.3 Å². The Balaban J connectivity index is 1.42. The minimum atomic E-state index is -0.293. The van der Waals surface area contributed by atoms with Crippen LogP contribution in [0.4, 0.5) is 5.82 Å². The fraction of sp³-hybridized carbons (Fsp3) is 0.273.